The average molecular weight is 365 g/mol. The van der Waals surface area contributed by atoms with Gasteiger partial charge in [-0.15, -0.1) is 0 Å². The summed E-state index contributed by atoms with van der Waals surface area (Å²) in [4.78, 5) is 7.19. The van der Waals surface area contributed by atoms with E-state index >= 15 is 0 Å². The molecule has 0 bridgehead atoms. The first kappa shape index (κ1) is 20.6. The molecule has 1 saturated heterocycles. The second-order valence-electron chi connectivity index (χ2n) is 7.19. The maximum absolute atomic E-state index is 9.24. The predicted octanol–water partition coefficient (Wildman–Crippen LogP) is 1.74. The van der Waals surface area contributed by atoms with E-state index in [1.807, 2.05) is 17.9 Å². The summed E-state index contributed by atoms with van der Waals surface area (Å²) in [5.74, 6) is 1.35. The highest BCUT2D eigenvalue weighted by atomic mass is 16.3. The van der Waals surface area contributed by atoms with Gasteiger partial charge in [0.05, 0.1) is 11.9 Å². The Morgan fingerprint density at radius 1 is 1.42 bits per heavy atom. The number of aliphatic imine (C=N–C) groups is 1. The molecule has 1 aliphatic rings. The normalized spacial score (nSPS) is 19.5. The van der Waals surface area contributed by atoms with Crippen molar-refractivity contribution in [1.82, 2.24) is 20.4 Å². The minimum Gasteiger partial charge on any atom is -0.396 e. The van der Waals surface area contributed by atoms with Crippen LogP contribution < -0.4 is 15.5 Å². The van der Waals surface area contributed by atoms with Gasteiger partial charge in [-0.05, 0) is 38.5 Å². The van der Waals surface area contributed by atoms with Crippen molar-refractivity contribution in [2.75, 3.05) is 37.7 Å². The van der Waals surface area contributed by atoms with Crippen LogP contribution in [-0.4, -0.2) is 59.7 Å². The van der Waals surface area contributed by atoms with Crippen LogP contribution in [0.2, 0.25) is 0 Å². The number of guanidine groups is 1. The maximum atomic E-state index is 9.24. The Morgan fingerprint density at radius 3 is 2.92 bits per heavy atom. The Morgan fingerprint density at radius 2 is 2.27 bits per heavy atom. The second-order valence-corrected chi connectivity index (χ2v) is 7.19. The van der Waals surface area contributed by atoms with Crippen LogP contribution in [0.25, 0.3) is 0 Å². The molecule has 2 rings (SSSR count). The van der Waals surface area contributed by atoms with Crippen LogP contribution in [0.3, 0.4) is 0 Å². The number of nitrogens with zero attached hydrogens (tertiary/aromatic N) is 4. The van der Waals surface area contributed by atoms with Gasteiger partial charge in [0.1, 0.15) is 0 Å². The predicted molar refractivity (Wildman–Crippen MR) is 108 cm³/mol. The van der Waals surface area contributed by atoms with Crippen LogP contribution in [0, 0.1) is 5.92 Å². The van der Waals surface area contributed by atoms with E-state index in [0.29, 0.717) is 12.0 Å². The minimum absolute atomic E-state index is 0.243. The van der Waals surface area contributed by atoms with Crippen LogP contribution in [-0.2, 0) is 7.05 Å². The molecule has 0 amide bonds. The van der Waals surface area contributed by atoms with Gasteiger partial charge in [0.25, 0.3) is 0 Å². The lowest BCUT2D eigenvalue weighted by atomic mass is 10.0. The quantitative estimate of drug-likeness (QED) is 0.460. The number of rotatable bonds is 9. The molecule has 2 atom stereocenters. The maximum Gasteiger partial charge on any atom is 0.191 e. The Hall–Kier alpha value is -1.76. The van der Waals surface area contributed by atoms with Crippen LogP contribution in [0.4, 0.5) is 5.69 Å². The van der Waals surface area contributed by atoms with Gasteiger partial charge in [-0.3, -0.25) is 9.67 Å². The first-order chi connectivity index (χ1) is 12.7. The van der Waals surface area contributed by atoms with Gasteiger partial charge in [0, 0.05) is 52.1 Å². The lowest BCUT2D eigenvalue weighted by molar-refractivity contribution is 0.253. The molecular weight excluding hydrogens is 328 g/mol. The summed E-state index contributed by atoms with van der Waals surface area (Å²) < 4.78 is 1.85. The molecule has 7 nitrogen and oxygen atoms in total. The second kappa shape index (κ2) is 11.1. The molecule has 0 spiro atoms. The number of nitrogens with one attached hydrogen (secondary N) is 2. The zero-order valence-electron chi connectivity index (χ0n) is 16.6. The fraction of sp³-hybridized carbons (Fsp3) is 0.789. The fourth-order valence-corrected chi connectivity index (χ4v) is 3.55. The first-order valence-electron chi connectivity index (χ1n) is 10.1. The third kappa shape index (κ3) is 6.52. The van der Waals surface area contributed by atoms with E-state index < -0.39 is 0 Å². The third-order valence-corrected chi connectivity index (χ3v) is 4.90. The van der Waals surface area contributed by atoms with E-state index in [2.05, 4.69) is 40.7 Å². The topological polar surface area (TPSA) is 77.7 Å². The number of anilines is 1. The van der Waals surface area contributed by atoms with Crippen LogP contribution >= 0.6 is 0 Å². The molecule has 3 N–H and O–H groups in total. The standard InChI is InChI=1S/C19H36N6O/c1-4-7-16(9-11-26)12-21-19(20-5-2)23-17-8-6-10-25(14-17)18-13-22-24(3)15-18/h13,15-17,26H,4-12,14H2,1-3H3,(H2,20,21,23). The van der Waals surface area contributed by atoms with Gasteiger partial charge in [-0.1, -0.05) is 13.3 Å². The summed E-state index contributed by atoms with van der Waals surface area (Å²) in [6.07, 6.45) is 9.40. The molecule has 0 aliphatic carbocycles. The highest BCUT2D eigenvalue weighted by Crippen LogP contribution is 2.19. The van der Waals surface area contributed by atoms with Crippen molar-refractivity contribution in [2.45, 2.75) is 52.0 Å². The molecule has 2 heterocycles. The summed E-state index contributed by atoms with van der Waals surface area (Å²) in [5.41, 5.74) is 1.19. The number of aliphatic hydroxyl groups is 1. The number of aromatic nitrogens is 2. The Balaban J connectivity index is 1.93. The van der Waals surface area contributed by atoms with Crippen LogP contribution in [0.1, 0.15) is 46.0 Å². The Kier molecular flexibility index (Phi) is 8.74. The zero-order chi connectivity index (χ0) is 18.8. The Labute approximate surface area is 157 Å². The average Bonchev–Trinajstić information content (AvgIpc) is 3.07. The van der Waals surface area contributed by atoms with Crippen molar-refractivity contribution < 1.29 is 5.11 Å². The fourth-order valence-electron chi connectivity index (χ4n) is 3.55. The van der Waals surface area contributed by atoms with E-state index in [0.717, 1.165) is 64.2 Å². The molecule has 1 fully saturated rings. The SMILES string of the molecule is CCCC(CCO)CN=C(NCC)NC1CCCN(c2cnn(C)c2)C1. The smallest absolute Gasteiger partial charge is 0.191 e. The molecule has 148 valence electrons. The largest absolute Gasteiger partial charge is 0.396 e. The third-order valence-electron chi connectivity index (χ3n) is 4.90. The number of aryl methyl sites for hydroxylation is 1. The minimum atomic E-state index is 0.243. The molecule has 2 unspecified atom stereocenters. The summed E-state index contributed by atoms with van der Waals surface area (Å²) in [5, 5.41) is 20.5. The van der Waals surface area contributed by atoms with E-state index in [1.165, 1.54) is 5.69 Å². The first-order valence-corrected chi connectivity index (χ1v) is 10.1. The molecule has 1 aromatic heterocycles. The van der Waals surface area contributed by atoms with Gasteiger partial charge >= 0.3 is 0 Å². The lowest BCUT2D eigenvalue weighted by Crippen LogP contribution is -2.51. The van der Waals surface area contributed by atoms with Gasteiger partial charge in [-0.2, -0.15) is 5.10 Å². The van der Waals surface area contributed by atoms with Crippen molar-refractivity contribution >= 4 is 11.6 Å². The van der Waals surface area contributed by atoms with Crippen LogP contribution in [0.15, 0.2) is 17.4 Å². The van der Waals surface area contributed by atoms with Crippen molar-refractivity contribution in [1.29, 1.82) is 0 Å². The van der Waals surface area contributed by atoms with Crippen molar-refractivity contribution in [3.8, 4) is 0 Å². The van der Waals surface area contributed by atoms with Crippen molar-refractivity contribution in [2.24, 2.45) is 18.0 Å². The van der Waals surface area contributed by atoms with E-state index in [1.54, 1.807) is 0 Å². The molecule has 0 aromatic carbocycles. The summed E-state index contributed by atoms with van der Waals surface area (Å²) in [6.45, 7) is 8.18. The van der Waals surface area contributed by atoms with Gasteiger partial charge in [-0.25, -0.2) is 0 Å². The molecule has 0 radical (unpaired) electrons. The summed E-state index contributed by atoms with van der Waals surface area (Å²) in [6, 6.07) is 0.379. The number of hydrogen-bond acceptors (Lipinski definition) is 4. The molecule has 7 heteroatoms. The number of aliphatic hydroxyl groups excluding tert-OH is 1. The van der Waals surface area contributed by atoms with E-state index in [9.17, 15) is 5.11 Å². The highest BCUT2D eigenvalue weighted by Gasteiger charge is 2.22. The lowest BCUT2D eigenvalue weighted by Gasteiger charge is -2.34. The van der Waals surface area contributed by atoms with E-state index in [-0.39, 0.29) is 6.61 Å². The van der Waals surface area contributed by atoms with Gasteiger partial charge < -0.3 is 20.6 Å². The van der Waals surface area contributed by atoms with Crippen molar-refractivity contribution in [3.05, 3.63) is 12.4 Å². The van der Waals surface area contributed by atoms with Crippen LogP contribution in [0.5, 0.6) is 0 Å². The van der Waals surface area contributed by atoms with Crippen molar-refractivity contribution in [3.63, 3.8) is 0 Å². The Bertz CT molecular complexity index is 538. The van der Waals surface area contributed by atoms with Gasteiger partial charge in [0.2, 0.25) is 0 Å². The van der Waals surface area contributed by atoms with E-state index in [4.69, 9.17) is 4.99 Å². The molecular formula is C19H36N6O. The zero-order valence-corrected chi connectivity index (χ0v) is 16.6. The monoisotopic (exact) mass is 364 g/mol. The molecule has 0 saturated carbocycles. The molecule has 26 heavy (non-hydrogen) atoms. The number of hydrogen-bond donors (Lipinski definition) is 3. The molecule has 1 aromatic rings. The summed E-state index contributed by atoms with van der Waals surface area (Å²) in [7, 11) is 1.96. The van der Waals surface area contributed by atoms with Gasteiger partial charge in [0.15, 0.2) is 5.96 Å². The number of piperidine rings is 1. The molecule has 1 aliphatic heterocycles. The highest BCUT2D eigenvalue weighted by molar-refractivity contribution is 5.80. The summed E-state index contributed by atoms with van der Waals surface area (Å²) >= 11 is 0.